The van der Waals surface area contributed by atoms with Crippen molar-refractivity contribution in [1.82, 2.24) is 9.97 Å². The van der Waals surface area contributed by atoms with Gasteiger partial charge in [0, 0.05) is 31.0 Å². The normalized spacial score (nSPS) is 10.5. The van der Waals surface area contributed by atoms with Gasteiger partial charge in [0.15, 0.2) is 0 Å². The van der Waals surface area contributed by atoms with Gasteiger partial charge in [-0.15, -0.1) is 0 Å². The Morgan fingerprint density at radius 1 is 1.00 bits per heavy atom. The van der Waals surface area contributed by atoms with E-state index in [-0.39, 0.29) is 5.82 Å². The summed E-state index contributed by atoms with van der Waals surface area (Å²) < 4.78 is 13.7. The summed E-state index contributed by atoms with van der Waals surface area (Å²) in [4.78, 5) is 11.0. The minimum Gasteiger partial charge on any atom is -0.354 e. The molecular formula is C20H21FN4. The number of halogens is 1. The number of para-hydroxylation sites is 1. The van der Waals surface area contributed by atoms with Crippen molar-refractivity contribution in [2.75, 3.05) is 23.8 Å². The third kappa shape index (κ3) is 4.32. The van der Waals surface area contributed by atoms with Crippen LogP contribution in [-0.4, -0.2) is 23.6 Å². The summed E-state index contributed by atoms with van der Waals surface area (Å²) >= 11 is 0. The van der Waals surface area contributed by atoms with Gasteiger partial charge in [-0.1, -0.05) is 36.4 Å². The number of aryl methyl sites for hydroxylation is 1. The predicted octanol–water partition coefficient (Wildman–Crippen LogP) is 4.35. The Hall–Kier alpha value is -2.95. The van der Waals surface area contributed by atoms with Crippen LogP contribution in [0.5, 0.6) is 0 Å². The molecule has 0 bridgehead atoms. The molecule has 0 aliphatic rings. The van der Waals surface area contributed by atoms with Crippen molar-refractivity contribution in [3.8, 4) is 0 Å². The molecule has 0 spiro atoms. The lowest BCUT2D eigenvalue weighted by molar-refractivity contribution is 0.610. The predicted molar refractivity (Wildman–Crippen MR) is 99.9 cm³/mol. The molecule has 0 unspecified atom stereocenters. The summed E-state index contributed by atoms with van der Waals surface area (Å²) in [7, 11) is 1.97. The van der Waals surface area contributed by atoms with Crippen molar-refractivity contribution in [2.24, 2.45) is 0 Å². The highest BCUT2D eigenvalue weighted by molar-refractivity contribution is 5.60. The summed E-state index contributed by atoms with van der Waals surface area (Å²) in [5.74, 6) is 1.18. The quantitative estimate of drug-likeness (QED) is 0.727. The molecule has 0 aliphatic heterocycles. The summed E-state index contributed by atoms with van der Waals surface area (Å²) in [6.07, 6.45) is 0.577. The van der Waals surface area contributed by atoms with Crippen molar-refractivity contribution in [3.05, 3.63) is 77.7 Å². The van der Waals surface area contributed by atoms with E-state index in [0.717, 1.165) is 17.2 Å². The zero-order valence-corrected chi connectivity index (χ0v) is 14.4. The van der Waals surface area contributed by atoms with Gasteiger partial charge in [-0.05, 0) is 37.1 Å². The van der Waals surface area contributed by atoms with Crippen LogP contribution in [0.1, 0.15) is 11.3 Å². The number of rotatable bonds is 6. The van der Waals surface area contributed by atoms with Gasteiger partial charge in [-0.25, -0.2) is 9.37 Å². The standard InChI is InChI=1S/C20H21FN4/c1-15-14-19(25(2)17-9-4-3-5-10-17)24-20(23-15)22-13-12-16-8-6-7-11-18(16)21/h3-11,14H,12-13H2,1-2H3,(H,22,23,24). The Labute approximate surface area is 147 Å². The molecule has 3 aromatic rings. The number of nitrogens with one attached hydrogen (secondary N) is 1. The Morgan fingerprint density at radius 3 is 2.48 bits per heavy atom. The minimum atomic E-state index is -0.182. The van der Waals surface area contributed by atoms with Crippen molar-refractivity contribution >= 4 is 17.5 Å². The van der Waals surface area contributed by atoms with Crippen LogP contribution in [0.15, 0.2) is 60.7 Å². The monoisotopic (exact) mass is 336 g/mol. The second-order valence-corrected chi connectivity index (χ2v) is 5.85. The summed E-state index contributed by atoms with van der Waals surface area (Å²) in [5.41, 5.74) is 2.61. The number of benzene rings is 2. The van der Waals surface area contributed by atoms with Gasteiger partial charge in [-0.2, -0.15) is 4.98 Å². The van der Waals surface area contributed by atoms with Crippen LogP contribution in [0.3, 0.4) is 0 Å². The van der Waals surface area contributed by atoms with Crippen LogP contribution < -0.4 is 10.2 Å². The molecule has 0 radical (unpaired) electrons. The van der Waals surface area contributed by atoms with E-state index in [1.807, 2.05) is 61.3 Å². The van der Waals surface area contributed by atoms with Crippen molar-refractivity contribution in [2.45, 2.75) is 13.3 Å². The van der Waals surface area contributed by atoms with E-state index in [1.54, 1.807) is 12.1 Å². The average molecular weight is 336 g/mol. The number of hydrogen-bond acceptors (Lipinski definition) is 4. The first-order valence-electron chi connectivity index (χ1n) is 8.25. The van der Waals surface area contributed by atoms with Gasteiger partial charge in [0.2, 0.25) is 5.95 Å². The Morgan fingerprint density at radius 2 is 1.72 bits per heavy atom. The molecule has 0 amide bonds. The maximum Gasteiger partial charge on any atom is 0.224 e. The van der Waals surface area contributed by atoms with Gasteiger partial charge in [0.25, 0.3) is 0 Å². The first-order chi connectivity index (χ1) is 12.1. The molecule has 0 fully saturated rings. The smallest absolute Gasteiger partial charge is 0.224 e. The van der Waals surface area contributed by atoms with Gasteiger partial charge < -0.3 is 10.2 Å². The van der Waals surface area contributed by atoms with E-state index in [0.29, 0.717) is 24.5 Å². The number of hydrogen-bond donors (Lipinski definition) is 1. The fourth-order valence-corrected chi connectivity index (χ4v) is 2.60. The highest BCUT2D eigenvalue weighted by atomic mass is 19.1. The largest absolute Gasteiger partial charge is 0.354 e. The molecule has 0 saturated heterocycles. The maximum absolute atomic E-state index is 13.7. The van der Waals surface area contributed by atoms with Crippen LogP contribution in [0.4, 0.5) is 21.8 Å². The summed E-state index contributed by atoms with van der Waals surface area (Å²) in [6, 6.07) is 18.8. The molecule has 0 atom stereocenters. The van der Waals surface area contributed by atoms with Crippen LogP contribution >= 0.6 is 0 Å². The average Bonchev–Trinajstić information content (AvgIpc) is 2.63. The van der Waals surface area contributed by atoms with Crippen molar-refractivity contribution in [3.63, 3.8) is 0 Å². The van der Waals surface area contributed by atoms with Gasteiger partial charge in [0.1, 0.15) is 11.6 Å². The molecular weight excluding hydrogens is 315 g/mol. The summed E-state index contributed by atoms with van der Waals surface area (Å²) in [6.45, 7) is 2.50. The van der Waals surface area contributed by atoms with E-state index < -0.39 is 0 Å². The molecule has 5 heteroatoms. The molecule has 1 N–H and O–H groups in total. The highest BCUT2D eigenvalue weighted by Crippen LogP contribution is 2.22. The van der Waals surface area contributed by atoms with E-state index in [9.17, 15) is 4.39 Å². The molecule has 128 valence electrons. The van der Waals surface area contributed by atoms with Crippen LogP contribution in [-0.2, 0) is 6.42 Å². The molecule has 1 aromatic heterocycles. The fourth-order valence-electron chi connectivity index (χ4n) is 2.60. The molecule has 0 aliphatic carbocycles. The van der Waals surface area contributed by atoms with Gasteiger partial charge in [0.05, 0.1) is 0 Å². The van der Waals surface area contributed by atoms with E-state index >= 15 is 0 Å². The number of nitrogens with zero attached hydrogens (tertiary/aromatic N) is 3. The second-order valence-electron chi connectivity index (χ2n) is 5.85. The highest BCUT2D eigenvalue weighted by Gasteiger charge is 2.09. The van der Waals surface area contributed by atoms with E-state index in [4.69, 9.17) is 0 Å². The molecule has 1 heterocycles. The number of aromatic nitrogens is 2. The zero-order chi connectivity index (χ0) is 17.6. The van der Waals surface area contributed by atoms with E-state index in [1.165, 1.54) is 6.07 Å². The molecule has 3 rings (SSSR count). The summed E-state index contributed by atoms with van der Waals surface area (Å²) in [5, 5.41) is 3.19. The molecule has 25 heavy (non-hydrogen) atoms. The second kappa shape index (κ2) is 7.75. The molecule has 4 nitrogen and oxygen atoms in total. The maximum atomic E-state index is 13.7. The van der Waals surface area contributed by atoms with Crippen molar-refractivity contribution < 1.29 is 4.39 Å². The lowest BCUT2D eigenvalue weighted by atomic mass is 10.1. The Kier molecular flexibility index (Phi) is 5.23. The van der Waals surface area contributed by atoms with Crippen molar-refractivity contribution in [1.29, 1.82) is 0 Å². The Balaban J connectivity index is 1.70. The third-order valence-corrected chi connectivity index (χ3v) is 3.96. The fraction of sp³-hybridized carbons (Fsp3) is 0.200. The first-order valence-corrected chi connectivity index (χ1v) is 8.25. The molecule has 0 saturated carbocycles. The third-order valence-electron chi connectivity index (χ3n) is 3.96. The minimum absolute atomic E-state index is 0.182. The lowest BCUT2D eigenvalue weighted by Crippen LogP contribution is -2.15. The number of anilines is 3. The zero-order valence-electron chi connectivity index (χ0n) is 14.4. The van der Waals surface area contributed by atoms with Crippen LogP contribution in [0, 0.1) is 12.7 Å². The first kappa shape index (κ1) is 16.9. The SMILES string of the molecule is Cc1cc(N(C)c2ccccc2)nc(NCCc2ccccc2F)n1. The Bertz CT molecular complexity index is 836. The van der Waals surface area contributed by atoms with Crippen LogP contribution in [0.25, 0.3) is 0 Å². The van der Waals surface area contributed by atoms with Gasteiger partial charge >= 0.3 is 0 Å². The topological polar surface area (TPSA) is 41.1 Å². The lowest BCUT2D eigenvalue weighted by Gasteiger charge is -2.19. The van der Waals surface area contributed by atoms with Crippen LogP contribution in [0.2, 0.25) is 0 Å². The van der Waals surface area contributed by atoms with Gasteiger partial charge in [-0.3, -0.25) is 0 Å². The van der Waals surface area contributed by atoms with E-state index in [2.05, 4.69) is 15.3 Å². The molecule has 2 aromatic carbocycles.